The third-order valence-electron chi connectivity index (χ3n) is 7.79. The van der Waals surface area contributed by atoms with Crippen LogP contribution < -0.4 is 0 Å². The van der Waals surface area contributed by atoms with Gasteiger partial charge in [0.2, 0.25) is 0 Å². The lowest BCUT2D eigenvalue weighted by Gasteiger charge is -2.41. The van der Waals surface area contributed by atoms with Crippen molar-refractivity contribution in [3.8, 4) is 11.3 Å². The van der Waals surface area contributed by atoms with Crippen molar-refractivity contribution in [3.63, 3.8) is 0 Å². The highest BCUT2D eigenvalue weighted by molar-refractivity contribution is 5.92. The zero-order valence-electron chi connectivity index (χ0n) is 19.1. The molecule has 172 valence electrons. The van der Waals surface area contributed by atoms with Crippen LogP contribution in [0.5, 0.6) is 0 Å². The van der Waals surface area contributed by atoms with E-state index in [0.717, 1.165) is 24.1 Å². The number of hydrogen-bond acceptors (Lipinski definition) is 5. The number of benzene rings is 1. The number of amides is 1. The van der Waals surface area contributed by atoms with E-state index in [9.17, 15) is 13.6 Å². The van der Waals surface area contributed by atoms with E-state index in [-0.39, 0.29) is 28.5 Å². The number of carbonyl (C=O) groups excluding carboxylic acids is 1. The molecule has 1 fully saturated rings. The average molecular weight is 453 g/mol. The first-order valence-corrected chi connectivity index (χ1v) is 11.2. The molecule has 9 heteroatoms. The summed E-state index contributed by atoms with van der Waals surface area (Å²) in [5.41, 5.74) is 1.54. The molecule has 0 saturated heterocycles. The number of halogens is 2. The van der Waals surface area contributed by atoms with Crippen LogP contribution in [0.3, 0.4) is 0 Å². The molecule has 2 aliphatic carbocycles. The minimum Gasteiger partial charge on any atom is -0.337 e. The molecule has 0 spiro atoms. The largest absolute Gasteiger partial charge is 0.337 e. The molecule has 0 aliphatic heterocycles. The maximum atomic E-state index is 14.4. The molecule has 3 aromatic rings. The lowest BCUT2D eigenvalue weighted by molar-refractivity contribution is 0.0646. The van der Waals surface area contributed by atoms with E-state index in [4.69, 9.17) is 0 Å². The van der Waals surface area contributed by atoms with Gasteiger partial charge in [-0.2, -0.15) is 10.2 Å². The van der Waals surface area contributed by atoms with Gasteiger partial charge in [0.1, 0.15) is 11.6 Å². The Bertz CT molecular complexity index is 1240. The van der Waals surface area contributed by atoms with Crippen molar-refractivity contribution >= 4 is 5.91 Å². The third kappa shape index (κ3) is 3.01. The minimum atomic E-state index is -0.659. The Kier molecular flexibility index (Phi) is 4.84. The zero-order valence-corrected chi connectivity index (χ0v) is 19.1. The van der Waals surface area contributed by atoms with Crippen molar-refractivity contribution in [2.45, 2.75) is 44.9 Å². The smallest absolute Gasteiger partial charge is 0.276 e. The van der Waals surface area contributed by atoms with E-state index >= 15 is 0 Å². The Balaban J connectivity index is 1.56. The molecule has 7 nitrogen and oxygen atoms in total. The summed E-state index contributed by atoms with van der Waals surface area (Å²) in [6, 6.07) is 5.57. The van der Waals surface area contributed by atoms with Crippen LogP contribution in [0.4, 0.5) is 8.78 Å². The van der Waals surface area contributed by atoms with Crippen molar-refractivity contribution < 1.29 is 13.6 Å². The van der Waals surface area contributed by atoms with E-state index < -0.39 is 17.0 Å². The van der Waals surface area contributed by atoms with Crippen LogP contribution >= 0.6 is 0 Å². The van der Waals surface area contributed by atoms with Gasteiger partial charge in [-0.1, -0.05) is 25.1 Å². The van der Waals surface area contributed by atoms with Gasteiger partial charge in [0.25, 0.3) is 5.91 Å². The van der Waals surface area contributed by atoms with Crippen LogP contribution in [0.2, 0.25) is 0 Å². The van der Waals surface area contributed by atoms with E-state index in [1.54, 1.807) is 24.2 Å². The first kappa shape index (κ1) is 21.6. The summed E-state index contributed by atoms with van der Waals surface area (Å²) in [5.74, 6) is -1.33. The fourth-order valence-electron chi connectivity index (χ4n) is 5.90. The molecule has 2 heterocycles. The maximum absolute atomic E-state index is 14.4. The van der Waals surface area contributed by atoms with E-state index in [1.165, 1.54) is 22.9 Å². The van der Waals surface area contributed by atoms with Crippen LogP contribution in [0, 0.1) is 17.0 Å². The maximum Gasteiger partial charge on any atom is 0.276 e. The Morgan fingerprint density at radius 2 is 1.94 bits per heavy atom. The molecule has 2 bridgehead atoms. The molecule has 33 heavy (non-hydrogen) atoms. The highest BCUT2D eigenvalue weighted by Crippen LogP contribution is 2.67. The highest BCUT2D eigenvalue weighted by atomic mass is 19.1. The number of aromatic nitrogens is 5. The standard InChI is InChI=1S/C24H26F2N6O/c1-5-32(22(33)19-12-31(4)30-28-19)13-24-10-9-15(23(24,2)3)14-11-18(27-29-21(14)24)20-16(25)7-6-8-17(20)26/h6-8,11-12,15H,5,9-10,13H2,1-4H3/t15-,24-/m0/s1. The van der Waals surface area contributed by atoms with Crippen LogP contribution in [0.1, 0.15) is 61.3 Å². The molecule has 0 radical (unpaired) electrons. The minimum absolute atomic E-state index is 0.157. The molecule has 2 atom stereocenters. The fraction of sp³-hybridized carbons (Fsp3) is 0.458. The molecule has 2 aliphatic rings. The van der Waals surface area contributed by atoms with Crippen LogP contribution in [-0.4, -0.2) is 49.1 Å². The predicted octanol–water partition coefficient (Wildman–Crippen LogP) is 3.87. The van der Waals surface area contributed by atoms with Gasteiger partial charge in [-0.25, -0.2) is 8.78 Å². The topological polar surface area (TPSA) is 76.8 Å². The molecule has 1 aromatic carbocycles. The van der Waals surface area contributed by atoms with Crippen LogP contribution in [0.15, 0.2) is 30.5 Å². The fourth-order valence-corrected chi connectivity index (χ4v) is 5.90. The highest BCUT2D eigenvalue weighted by Gasteiger charge is 2.64. The van der Waals surface area contributed by atoms with Gasteiger partial charge < -0.3 is 4.90 Å². The van der Waals surface area contributed by atoms with Gasteiger partial charge in [-0.15, -0.1) is 5.10 Å². The molecule has 1 amide bonds. The number of hydrogen-bond donors (Lipinski definition) is 0. The first-order chi connectivity index (χ1) is 15.7. The molecule has 0 unspecified atom stereocenters. The van der Waals surface area contributed by atoms with Gasteiger partial charge in [0.05, 0.1) is 23.1 Å². The van der Waals surface area contributed by atoms with Crippen LogP contribution in [-0.2, 0) is 12.5 Å². The Morgan fingerprint density at radius 3 is 2.58 bits per heavy atom. The van der Waals surface area contributed by atoms with Crippen molar-refractivity contribution in [2.75, 3.05) is 13.1 Å². The number of nitrogens with zero attached hydrogens (tertiary/aromatic N) is 6. The van der Waals surface area contributed by atoms with Crippen molar-refractivity contribution in [3.05, 3.63) is 59.0 Å². The third-order valence-corrected chi connectivity index (χ3v) is 7.79. The van der Waals surface area contributed by atoms with E-state index in [1.807, 2.05) is 6.92 Å². The number of rotatable bonds is 5. The summed E-state index contributed by atoms with van der Waals surface area (Å²) in [5, 5.41) is 16.7. The summed E-state index contributed by atoms with van der Waals surface area (Å²) < 4.78 is 30.3. The SMILES string of the molecule is CCN(C[C@@]12CC[C@@H](c3cc(-c4c(F)cccc4F)nnc31)C2(C)C)C(=O)c1cn(C)nn1. The van der Waals surface area contributed by atoms with Crippen molar-refractivity contribution in [1.82, 2.24) is 30.1 Å². The van der Waals surface area contributed by atoms with E-state index in [0.29, 0.717) is 18.8 Å². The van der Waals surface area contributed by atoms with Gasteiger partial charge in [0.15, 0.2) is 5.69 Å². The normalized spacial score (nSPS) is 22.4. The van der Waals surface area contributed by atoms with Gasteiger partial charge in [-0.05, 0) is 54.9 Å². The summed E-state index contributed by atoms with van der Waals surface area (Å²) in [6.07, 6.45) is 3.40. The molecular weight excluding hydrogens is 426 g/mol. The molecule has 0 N–H and O–H groups in total. The lowest BCUT2D eigenvalue weighted by atomic mass is 9.68. The number of likely N-dealkylation sites (N-methyl/N-ethyl adjacent to an activating group) is 1. The van der Waals surface area contributed by atoms with Crippen molar-refractivity contribution in [2.24, 2.45) is 12.5 Å². The molecular formula is C24H26F2N6O. The van der Waals surface area contributed by atoms with Crippen molar-refractivity contribution in [1.29, 1.82) is 0 Å². The zero-order chi connectivity index (χ0) is 23.5. The van der Waals surface area contributed by atoms with E-state index in [2.05, 4.69) is 34.4 Å². The molecule has 5 rings (SSSR count). The molecule has 1 saturated carbocycles. The second-order valence-electron chi connectivity index (χ2n) is 9.62. The first-order valence-electron chi connectivity index (χ1n) is 11.2. The quantitative estimate of drug-likeness (QED) is 0.587. The van der Waals surface area contributed by atoms with Gasteiger partial charge in [0, 0.05) is 25.6 Å². The Morgan fingerprint density at radius 1 is 1.21 bits per heavy atom. The number of aryl methyl sites for hydroxylation is 1. The van der Waals surface area contributed by atoms with Gasteiger partial charge >= 0.3 is 0 Å². The van der Waals surface area contributed by atoms with Crippen LogP contribution in [0.25, 0.3) is 11.3 Å². The average Bonchev–Trinajstić information content (AvgIpc) is 3.37. The lowest BCUT2D eigenvalue weighted by Crippen LogP contribution is -2.48. The Labute approximate surface area is 190 Å². The number of carbonyl (C=O) groups is 1. The Hall–Kier alpha value is -3.23. The molecule has 2 aromatic heterocycles. The van der Waals surface area contributed by atoms with Gasteiger partial charge in [-0.3, -0.25) is 9.48 Å². The predicted molar refractivity (Wildman–Crippen MR) is 117 cm³/mol. The summed E-state index contributed by atoms with van der Waals surface area (Å²) in [7, 11) is 1.72. The monoisotopic (exact) mass is 452 g/mol. The number of fused-ring (bicyclic) bond motifs is 5. The summed E-state index contributed by atoms with van der Waals surface area (Å²) in [4.78, 5) is 15.0. The second-order valence-corrected chi connectivity index (χ2v) is 9.62. The summed E-state index contributed by atoms with van der Waals surface area (Å²) in [6.45, 7) is 7.30. The second kappa shape index (κ2) is 7.40. The summed E-state index contributed by atoms with van der Waals surface area (Å²) >= 11 is 0.